The van der Waals surface area contributed by atoms with Crippen molar-refractivity contribution in [3.8, 4) is 11.9 Å². The molecule has 1 rings (SSSR count). The number of aliphatic carboxylic acids is 1. The summed E-state index contributed by atoms with van der Waals surface area (Å²) in [6, 6.07) is 4.78. The Hall–Kier alpha value is -2.35. The largest absolute Gasteiger partial charge is 0.481 e. The molecule has 1 aromatic rings. The lowest BCUT2D eigenvalue weighted by atomic mass is 10.2. The Morgan fingerprint density at radius 1 is 1.67 bits per heavy atom. The van der Waals surface area contributed by atoms with Crippen LogP contribution in [0, 0.1) is 11.3 Å². The molecule has 0 atom stereocenters. The Kier molecular flexibility index (Phi) is 3.41. The van der Waals surface area contributed by atoms with Crippen LogP contribution >= 0.6 is 0 Å². The Morgan fingerprint density at radius 2 is 2.40 bits per heavy atom. The van der Waals surface area contributed by atoms with E-state index < -0.39 is 5.97 Å². The van der Waals surface area contributed by atoms with Gasteiger partial charge in [-0.25, -0.2) is 9.78 Å². The molecule has 0 saturated heterocycles. The quantitative estimate of drug-likeness (QED) is 0.588. The van der Waals surface area contributed by atoms with Crippen molar-refractivity contribution in [1.29, 1.82) is 5.26 Å². The molecule has 0 saturated carbocycles. The Labute approximate surface area is 86.2 Å². The third-order valence-corrected chi connectivity index (χ3v) is 1.63. The Bertz CT molecular complexity index is 429. The van der Waals surface area contributed by atoms with Crippen LogP contribution in [0.1, 0.15) is 5.56 Å². The van der Waals surface area contributed by atoms with Crippen LogP contribution < -0.4 is 4.74 Å². The first-order chi connectivity index (χ1) is 7.17. The van der Waals surface area contributed by atoms with Crippen molar-refractivity contribution >= 4 is 12.0 Å². The number of hydrogen-bond acceptors (Lipinski definition) is 4. The van der Waals surface area contributed by atoms with Crippen LogP contribution in [0.25, 0.3) is 6.08 Å². The van der Waals surface area contributed by atoms with Gasteiger partial charge in [-0.2, -0.15) is 5.26 Å². The molecule has 0 spiro atoms. The predicted molar refractivity (Wildman–Crippen MR) is 52.0 cm³/mol. The van der Waals surface area contributed by atoms with E-state index in [0.717, 1.165) is 0 Å². The van der Waals surface area contributed by atoms with Gasteiger partial charge in [0.2, 0.25) is 5.88 Å². The molecular weight excluding hydrogens is 196 g/mol. The van der Waals surface area contributed by atoms with E-state index in [1.165, 1.54) is 19.4 Å². The number of nitriles is 1. The molecule has 5 nitrogen and oxygen atoms in total. The number of methoxy groups -OCH3 is 1. The summed E-state index contributed by atoms with van der Waals surface area (Å²) < 4.78 is 4.83. The molecule has 0 aliphatic rings. The number of ether oxygens (including phenoxy) is 1. The summed E-state index contributed by atoms with van der Waals surface area (Å²) in [5, 5.41) is 17.1. The van der Waals surface area contributed by atoms with Gasteiger partial charge >= 0.3 is 5.97 Å². The Morgan fingerprint density at radius 3 is 2.80 bits per heavy atom. The number of carboxylic acid groups (broad SMARTS) is 1. The van der Waals surface area contributed by atoms with E-state index in [2.05, 4.69) is 4.98 Å². The lowest BCUT2D eigenvalue weighted by molar-refractivity contribution is -0.132. The van der Waals surface area contributed by atoms with Crippen LogP contribution in [0.3, 0.4) is 0 Å². The summed E-state index contributed by atoms with van der Waals surface area (Å²) in [7, 11) is 1.48. The average molecular weight is 204 g/mol. The highest BCUT2D eigenvalue weighted by Crippen LogP contribution is 2.10. The molecule has 0 aromatic carbocycles. The summed E-state index contributed by atoms with van der Waals surface area (Å²) >= 11 is 0. The minimum Gasteiger partial charge on any atom is -0.481 e. The zero-order chi connectivity index (χ0) is 11.3. The highest BCUT2D eigenvalue weighted by Gasteiger charge is 2.05. The maximum Gasteiger partial charge on any atom is 0.346 e. The molecule has 15 heavy (non-hydrogen) atoms. The van der Waals surface area contributed by atoms with Gasteiger partial charge in [0.05, 0.1) is 7.11 Å². The van der Waals surface area contributed by atoms with Crippen molar-refractivity contribution in [2.45, 2.75) is 0 Å². The van der Waals surface area contributed by atoms with E-state index >= 15 is 0 Å². The van der Waals surface area contributed by atoms with Crippen molar-refractivity contribution in [3.63, 3.8) is 0 Å². The van der Waals surface area contributed by atoms with Gasteiger partial charge in [0.1, 0.15) is 11.6 Å². The molecule has 0 aliphatic heterocycles. The monoisotopic (exact) mass is 204 g/mol. The zero-order valence-electron chi connectivity index (χ0n) is 7.97. The van der Waals surface area contributed by atoms with Gasteiger partial charge in [0.25, 0.3) is 0 Å². The smallest absolute Gasteiger partial charge is 0.346 e. The lowest BCUT2D eigenvalue weighted by Gasteiger charge is -1.98. The van der Waals surface area contributed by atoms with Gasteiger partial charge in [-0.05, 0) is 17.7 Å². The highest BCUT2D eigenvalue weighted by atomic mass is 16.5. The summed E-state index contributed by atoms with van der Waals surface area (Å²) in [5.41, 5.74) is 0.205. The molecule has 0 unspecified atom stereocenters. The number of carbonyl (C=O) groups is 1. The first kappa shape index (κ1) is 10.7. The molecule has 0 amide bonds. The van der Waals surface area contributed by atoms with Gasteiger partial charge in [-0.1, -0.05) is 0 Å². The van der Waals surface area contributed by atoms with E-state index in [-0.39, 0.29) is 5.57 Å². The van der Waals surface area contributed by atoms with E-state index in [1.807, 2.05) is 0 Å². The number of nitrogens with zero attached hydrogens (tertiary/aromatic N) is 2. The molecule has 0 bridgehead atoms. The third kappa shape index (κ3) is 2.81. The van der Waals surface area contributed by atoms with Crippen molar-refractivity contribution in [2.24, 2.45) is 0 Å². The SMILES string of the molecule is COc1ccc(/C=C(/C#N)C(=O)O)cn1. The summed E-state index contributed by atoms with van der Waals surface area (Å²) in [6.07, 6.45) is 2.67. The molecule has 5 heteroatoms. The minimum absolute atomic E-state index is 0.332. The molecule has 1 heterocycles. The van der Waals surface area contributed by atoms with Crippen LogP contribution in [0.4, 0.5) is 0 Å². The molecule has 0 aliphatic carbocycles. The van der Waals surface area contributed by atoms with Gasteiger partial charge in [0.15, 0.2) is 0 Å². The molecule has 0 fully saturated rings. The van der Waals surface area contributed by atoms with E-state index in [1.54, 1.807) is 18.2 Å². The number of carboxylic acids is 1. The molecule has 76 valence electrons. The standard InChI is InChI=1S/C10H8N2O3/c1-15-9-3-2-7(6-12-9)4-8(5-11)10(13)14/h2-4,6H,1H3,(H,13,14)/b8-4-. The van der Waals surface area contributed by atoms with Crippen LogP contribution in [-0.4, -0.2) is 23.2 Å². The van der Waals surface area contributed by atoms with Crippen molar-refractivity contribution in [1.82, 2.24) is 4.98 Å². The number of pyridine rings is 1. The second-order valence-corrected chi connectivity index (χ2v) is 2.61. The maximum absolute atomic E-state index is 10.5. The molecule has 1 aromatic heterocycles. The van der Waals surface area contributed by atoms with Crippen LogP contribution in [-0.2, 0) is 4.79 Å². The molecule has 0 radical (unpaired) electrons. The van der Waals surface area contributed by atoms with Gasteiger partial charge in [-0.3, -0.25) is 0 Å². The number of hydrogen-bond donors (Lipinski definition) is 1. The zero-order valence-corrected chi connectivity index (χ0v) is 7.97. The van der Waals surface area contributed by atoms with Crippen LogP contribution in [0.15, 0.2) is 23.9 Å². The second kappa shape index (κ2) is 4.77. The minimum atomic E-state index is -1.26. The van der Waals surface area contributed by atoms with E-state index in [9.17, 15) is 4.79 Å². The first-order valence-corrected chi connectivity index (χ1v) is 4.02. The van der Waals surface area contributed by atoms with Crippen molar-refractivity contribution in [2.75, 3.05) is 7.11 Å². The Balaban J connectivity index is 2.98. The van der Waals surface area contributed by atoms with Crippen LogP contribution in [0.5, 0.6) is 5.88 Å². The third-order valence-electron chi connectivity index (χ3n) is 1.63. The normalized spacial score (nSPS) is 10.5. The molecule has 1 N–H and O–H groups in total. The fourth-order valence-corrected chi connectivity index (χ4v) is 0.906. The predicted octanol–water partition coefficient (Wildman–Crippen LogP) is 1.08. The van der Waals surface area contributed by atoms with E-state index in [0.29, 0.717) is 11.4 Å². The van der Waals surface area contributed by atoms with Gasteiger partial charge < -0.3 is 9.84 Å². The summed E-state index contributed by atoms with van der Waals surface area (Å²) in [6.45, 7) is 0. The highest BCUT2D eigenvalue weighted by molar-refractivity contribution is 5.96. The van der Waals surface area contributed by atoms with E-state index in [4.69, 9.17) is 15.1 Å². The number of rotatable bonds is 3. The second-order valence-electron chi connectivity index (χ2n) is 2.61. The lowest BCUT2D eigenvalue weighted by Crippen LogP contribution is -1.97. The maximum atomic E-state index is 10.5. The van der Waals surface area contributed by atoms with Crippen molar-refractivity contribution < 1.29 is 14.6 Å². The van der Waals surface area contributed by atoms with Gasteiger partial charge in [0, 0.05) is 12.3 Å². The summed E-state index contributed by atoms with van der Waals surface area (Å²) in [4.78, 5) is 14.4. The average Bonchev–Trinajstić information content (AvgIpc) is 2.26. The van der Waals surface area contributed by atoms with Crippen molar-refractivity contribution in [3.05, 3.63) is 29.5 Å². The van der Waals surface area contributed by atoms with Crippen LogP contribution in [0.2, 0.25) is 0 Å². The summed E-state index contributed by atoms with van der Waals surface area (Å²) in [5.74, 6) is -0.825. The first-order valence-electron chi connectivity index (χ1n) is 4.02. The van der Waals surface area contributed by atoms with Gasteiger partial charge in [-0.15, -0.1) is 0 Å². The topological polar surface area (TPSA) is 83.2 Å². The fourth-order valence-electron chi connectivity index (χ4n) is 0.906. The fraction of sp³-hybridized carbons (Fsp3) is 0.100. The number of aromatic nitrogens is 1. The molecular formula is C10H8N2O3.